The third kappa shape index (κ3) is 6.11. The summed E-state index contributed by atoms with van der Waals surface area (Å²) < 4.78 is 19.1. The SMILES string of the molecule is COC[C@H](OP(=O)(O)O)[C@H](O)CO. The van der Waals surface area contributed by atoms with Gasteiger partial charge in [0.2, 0.25) is 0 Å². The molecule has 80 valence electrons. The Balaban J connectivity index is 4.17. The van der Waals surface area contributed by atoms with Crippen LogP contribution in [0.1, 0.15) is 0 Å². The van der Waals surface area contributed by atoms with E-state index in [0.717, 1.165) is 0 Å². The molecule has 13 heavy (non-hydrogen) atoms. The fourth-order valence-electron chi connectivity index (χ4n) is 0.670. The smallest absolute Gasteiger partial charge is 0.394 e. The number of hydrogen-bond acceptors (Lipinski definition) is 5. The van der Waals surface area contributed by atoms with Crippen molar-refractivity contribution in [2.45, 2.75) is 12.2 Å². The van der Waals surface area contributed by atoms with Gasteiger partial charge in [0.05, 0.1) is 13.2 Å². The first kappa shape index (κ1) is 13.0. The molecule has 4 N–H and O–H groups in total. The molecule has 0 saturated heterocycles. The second-order valence-corrected chi connectivity index (χ2v) is 3.53. The molecule has 7 nitrogen and oxygen atoms in total. The number of phosphoric ester groups is 1. The summed E-state index contributed by atoms with van der Waals surface area (Å²) in [6.45, 7) is -0.874. The molecule has 0 unspecified atom stereocenters. The number of ether oxygens (including phenoxy) is 1. The highest BCUT2D eigenvalue weighted by Crippen LogP contribution is 2.38. The quantitative estimate of drug-likeness (QED) is 0.397. The molecule has 8 heteroatoms. The average molecular weight is 216 g/mol. The van der Waals surface area contributed by atoms with Crippen LogP contribution in [0.2, 0.25) is 0 Å². The molecule has 0 aromatic rings. The molecule has 0 bridgehead atoms. The second-order valence-electron chi connectivity index (χ2n) is 2.34. The molecule has 0 aromatic carbocycles. The minimum atomic E-state index is -4.67. The lowest BCUT2D eigenvalue weighted by Gasteiger charge is -2.20. The van der Waals surface area contributed by atoms with Crippen LogP contribution in [-0.4, -0.2) is 52.5 Å². The molecule has 0 saturated carbocycles. The van der Waals surface area contributed by atoms with E-state index in [1.54, 1.807) is 0 Å². The molecule has 0 heterocycles. The Morgan fingerprint density at radius 3 is 2.31 bits per heavy atom. The highest BCUT2D eigenvalue weighted by Gasteiger charge is 2.27. The topological polar surface area (TPSA) is 116 Å². The fourth-order valence-corrected chi connectivity index (χ4v) is 1.22. The van der Waals surface area contributed by atoms with Crippen LogP contribution in [0.15, 0.2) is 0 Å². The molecule has 0 aromatic heterocycles. The Morgan fingerprint density at radius 1 is 1.46 bits per heavy atom. The summed E-state index contributed by atoms with van der Waals surface area (Å²) in [5.74, 6) is 0. The van der Waals surface area contributed by atoms with Crippen molar-refractivity contribution >= 4 is 7.82 Å². The van der Waals surface area contributed by atoms with E-state index in [2.05, 4.69) is 9.26 Å². The molecule has 2 atom stereocenters. The van der Waals surface area contributed by atoms with Crippen molar-refractivity contribution < 1.29 is 33.8 Å². The number of aliphatic hydroxyl groups excluding tert-OH is 2. The zero-order valence-corrected chi connectivity index (χ0v) is 7.92. The molecule has 0 aliphatic heterocycles. The number of hydrogen-bond donors (Lipinski definition) is 4. The van der Waals surface area contributed by atoms with E-state index in [-0.39, 0.29) is 6.61 Å². The fraction of sp³-hybridized carbons (Fsp3) is 1.00. The van der Waals surface area contributed by atoms with Gasteiger partial charge in [-0.05, 0) is 0 Å². The predicted octanol–water partition coefficient (Wildman–Crippen LogP) is -1.54. The van der Waals surface area contributed by atoms with Gasteiger partial charge in [0.15, 0.2) is 0 Å². The first-order chi connectivity index (χ1) is 5.90. The predicted molar refractivity (Wildman–Crippen MR) is 41.9 cm³/mol. The van der Waals surface area contributed by atoms with Crippen LogP contribution < -0.4 is 0 Å². The van der Waals surface area contributed by atoms with Gasteiger partial charge in [-0.15, -0.1) is 0 Å². The van der Waals surface area contributed by atoms with Crippen LogP contribution in [0, 0.1) is 0 Å². The molecule has 0 fully saturated rings. The van der Waals surface area contributed by atoms with Crippen molar-refractivity contribution in [3.05, 3.63) is 0 Å². The average Bonchev–Trinajstić information content (AvgIpc) is 2.00. The molecule has 0 amide bonds. The number of rotatable bonds is 6. The zero-order chi connectivity index (χ0) is 10.5. The summed E-state index contributed by atoms with van der Waals surface area (Å²) in [4.78, 5) is 16.8. The van der Waals surface area contributed by atoms with Crippen LogP contribution in [0.5, 0.6) is 0 Å². The van der Waals surface area contributed by atoms with Crippen molar-refractivity contribution in [3.63, 3.8) is 0 Å². The van der Waals surface area contributed by atoms with Gasteiger partial charge in [-0.2, -0.15) is 0 Å². The van der Waals surface area contributed by atoms with Crippen LogP contribution >= 0.6 is 7.82 Å². The molecular weight excluding hydrogens is 203 g/mol. The van der Waals surface area contributed by atoms with E-state index < -0.39 is 26.6 Å². The van der Waals surface area contributed by atoms with Gasteiger partial charge in [-0.3, -0.25) is 4.52 Å². The van der Waals surface area contributed by atoms with Gasteiger partial charge < -0.3 is 24.7 Å². The van der Waals surface area contributed by atoms with E-state index in [1.807, 2.05) is 0 Å². The summed E-state index contributed by atoms with van der Waals surface area (Å²) in [6, 6.07) is 0. The third-order valence-electron chi connectivity index (χ3n) is 1.22. The molecule has 0 aliphatic rings. The van der Waals surface area contributed by atoms with E-state index in [9.17, 15) is 4.57 Å². The van der Waals surface area contributed by atoms with Crippen molar-refractivity contribution in [1.82, 2.24) is 0 Å². The first-order valence-electron chi connectivity index (χ1n) is 3.42. The van der Waals surface area contributed by atoms with Crippen LogP contribution in [-0.2, 0) is 13.8 Å². The van der Waals surface area contributed by atoms with Crippen LogP contribution in [0.3, 0.4) is 0 Å². The van der Waals surface area contributed by atoms with E-state index in [0.29, 0.717) is 0 Å². The summed E-state index contributed by atoms with van der Waals surface area (Å²) >= 11 is 0. The summed E-state index contributed by atoms with van der Waals surface area (Å²) in [5.41, 5.74) is 0. The largest absolute Gasteiger partial charge is 0.470 e. The Kier molecular flexibility index (Phi) is 5.66. The lowest BCUT2D eigenvalue weighted by atomic mass is 10.2. The Hall–Kier alpha value is -0.0100. The highest BCUT2D eigenvalue weighted by atomic mass is 31.2. The standard InChI is InChI=1S/C5H13O7P/c1-11-3-5(4(7)2-6)12-13(8,9)10/h4-7H,2-3H2,1H3,(H2,8,9,10)/t4-,5+/m1/s1. The van der Waals surface area contributed by atoms with Crippen molar-refractivity contribution in [2.75, 3.05) is 20.3 Å². The summed E-state index contributed by atoms with van der Waals surface area (Å²) in [7, 11) is -3.39. The Bertz CT molecular complexity index is 178. The summed E-state index contributed by atoms with van der Waals surface area (Å²) in [6.07, 6.45) is -2.62. The monoisotopic (exact) mass is 216 g/mol. The van der Waals surface area contributed by atoms with Gasteiger partial charge >= 0.3 is 7.82 Å². The van der Waals surface area contributed by atoms with E-state index in [1.165, 1.54) is 7.11 Å². The number of aliphatic hydroxyl groups is 2. The Labute approximate surface area is 75.2 Å². The minimum absolute atomic E-state index is 0.215. The van der Waals surface area contributed by atoms with Gasteiger partial charge in [0.1, 0.15) is 12.2 Å². The van der Waals surface area contributed by atoms with Crippen molar-refractivity contribution in [1.29, 1.82) is 0 Å². The Morgan fingerprint density at radius 2 is 2.00 bits per heavy atom. The molecule has 0 radical (unpaired) electrons. The summed E-state index contributed by atoms with van der Waals surface area (Å²) in [5, 5.41) is 17.5. The van der Waals surface area contributed by atoms with Crippen molar-refractivity contribution in [2.24, 2.45) is 0 Å². The second kappa shape index (κ2) is 5.66. The van der Waals surface area contributed by atoms with Gasteiger partial charge in [-0.1, -0.05) is 0 Å². The molecule has 0 rings (SSSR count). The number of methoxy groups -OCH3 is 1. The van der Waals surface area contributed by atoms with E-state index in [4.69, 9.17) is 20.0 Å². The van der Waals surface area contributed by atoms with E-state index >= 15 is 0 Å². The highest BCUT2D eigenvalue weighted by molar-refractivity contribution is 7.46. The van der Waals surface area contributed by atoms with Crippen molar-refractivity contribution in [3.8, 4) is 0 Å². The maximum absolute atomic E-state index is 10.4. The zero-order valence-electron chi connectivity index (χ0n) is 7.03. The minimum Gasteiger partial charge on any atom is -0.394 e. The maximum atomic E-state index is 10.4. The lowest BCUT2D eigenvalue weighted by molar-refractivity contribution is -0.0455. The number of phosphoric acid groups is 1. The van der Waals surface area contributed by atoms with Gasteiger partial charge in [0.25, 0.3) is 0 Å². The van der Waals surface area contributed by atoms with Gasteiger partial charge in [0, 0.05) is 7.11 Å². The van der Waals surface area contributed by atoms with Crippen LogP contribution in [0.4, 0.5) is 0 Å². The molecular formula is C5H13O7P. The lowest BCUT2D eigenvalue weighted by Crippen LogP contribution is -2.35. The first-order valence-corrected chi connectivity index (χ1v) is 4.95. The maximum Gasteiger partial charge on any atom is 0.470 e. The van der Waals surface area contributed by atoms with Crippen LogP contribution in [0.25, 0.3) is 0 Å². The van der Waals surface area contributed by atoms with Gasteiger partial charge in [-0.25, -0.2) is 4.57 Å². The molecule has 0 spiro atoms. The molecule has 0 aliphatic carbocycles. The normalized spacial score (nSPS) is 17.0. The third-order valence-corrected chi connectivity index (χ3v) is 1.77.